The molecular weight excluding hydrogens is 388 g/mol. The van der Waals surface area contributed by atoms with Gasteiger partial charge in [0.1, 0.15) is 6.04 Å². The summed E-state index contributed by atoms with van der Waals surface area (Å²) in [5.74, 6) is -0.283. The number of primary amides is 1. The number of nitrogens with two attached hydrogens (primary N) is 1. The number of methoxy groups -OCH3 is 1. The summed E-state index contributed by atoms with van der Waals surface area (Å²) in [6, 6.07) is 12.0. The van der Waals surface area contributed by atoms with Gasteiger partial charge in [-0.3, -0.25) is 20.4 Å². The molecule has 4 amide bonds. The monoisotopic (exact) mass is 414 g/mol. The number of amides is 4. The molecule has 1 unspecified atom stereocenters. The minimum atomic E-state index is -0.957. The van der Waals surface area contributed by atoms with Gasteiger partial charge in [0.2, 0.25) is 0 Å². The zero-order chi connectivity index (χ0) is 22.1. The van der Waals surface area contributed by atoms with E-state index in [1.54, 1.807) is 12.1 Å². The maximum atomic E-state index is 12.5. The fourth-order valence-electron chi connectivity index (χ4n) is 2.67. The summed E-state index contributed by atoms with van der Waals surface area (Å²) in [5.41, 5.74) is 10.9. The number of hydrogen-bond donors (Lipinski definition) is 4. The molecule has 5 N–H and O–H groups in total. The molecule has 0 aliphatic carbocycles. The highest BCUT2D eigenvalue weighted by molar-refractivity contribution is 5.96. The van der Waals surface area contributed by atoms with E-state index in [1.807, 2.05) is 44.2 Å². The van der Waals surface area contributed by atoms with Crippen molar-refractivity contribution in [2.45, 2.75) is 32.4 Å². The van der Waals surface area contributed by atoms with E-state index in [1.165, 1.54) is 13.2 Å². The molecule has 0 heterocycles. The Morgan fingerprint density at radius 3 is 2.30 bits per heavy atom. The quantitative estimate of drug-likeness (QED) is 0.486. The van der Waals surface area contributed by atoms with Crippen molar-refractivity contribution in [2.24, 2.45) is 5.73 Å². The van der Waals surface area contributed by atoms with Crippen LogP contribution in [0.1, 0.15) is 29.8 Å². The number of hydrazine groups is 1. The minimum Gasteiger partial charge on any atom is -0.493 e. The van der Waals surface area contributed by atoms with E-state index in [-0.39, 0.29) is 18.1 Å². The molecular formula is C21H26N4O5. The first kappa shape index (κ1) is 22.5. The standard InChI is InChI=1S/C21H26N4O5/c1-13(2)30-17-10-9-15(12-18(17)29-3)19(26)24-25-20(27)16(23-21(22)28)11-14-7-5-4-6-8-14/h4-10,12-13,16H,11H2,1-3H3,(H,24,26)(H,25,27)(H3,22,23,28). The second-order valence-corrected chi connectivity index (χ2v) is 6.73. The van der Waals surface area contributed by atoms with Gasteiger partial charge in [0, 0.05) is 12.0 Å². The molecule has 2 rings (SSSR count). The lowest BCUT2D eigenvalue weighted by atomic mass is 10.1. The summed E-state index contributed by atoms with van der Waals surface area (Å²) in [4.78, 5) is 36.2. The van der Waals surface area contributed by atoms with E-state index in [0.29, 0.717) is 11.5 Å². The Labute approximate surface area is 174 Å². The van der Waals surface area contributed by atoms with Crippen LogP contribution in [0.15, 0.2) is 48.5 Å². The number of rotatable bonds is 8. The molecule has 0 bridgehead atoms. The molecule has 30 heavy (non-hydrogen) atoms. The largest absolute Gasteiger partial charge is 0.493 e. The smallest absolute Gasteiger partial charge is 0.312 e. The Hall–Kier alpha value is -3.75. The predicted molar refractivity (Wildman–Crippen MR) is 111 cm³/mol. The molecule has 1 atom stereocenters. The van der Waals surface area contributed by atoms with Crippen LogP contribution in [0.25, 0.3) is 0 Å². The summed E-state index contributed by atoms with van der Waals surface area (Å²) in [6.07, 6.45) is 0.151. The number of carbonyl (C=O) groups is 3. The van der Waals surface area contributed by atoms with E-state index in [9.17, 15) is 14.4 Å². The lowest BCUT2D eigenvalue weighted by Crippen LogP contribution is -2.54. The zero-order valence-electron chi connectivity index (χ0n) is 17.1. The van der Waals surface area contributed by atoms with Crippen molar-refractivity contribution in [1.82, 2.24) is 16.2 Å². The van der Waals surface area contributed by atoms with Crippen LogP contribution in [0.5, 0.6) is 11.5 Å². The molecule has 9 heteroatoms. The first-order valence-corrected chi connectivity index (χ1v) is 9.35. The maximum Gasteiger partial charge on any atom is 0.312 e. The summed E-state index contributed by atoms with van der Waals surface area (Å²) in [7, 11) is 1.47. The van der Waals surface area contributed by atoms with E-state index in [4.69, 9.17) is 15.2 Å². The molecule has 160 valence electrons. The SMILES string of the molecule is COc1cc(C(=O)NNC(=O)C(Cc2ccccc2)NC(N)=O)ccc1OC(C)C. The van der Waals surface area contributed by atoms with Crippen molar-refractivity contribution in [1.29, 1.82) is 0 Å². The number of ether oxygens (including phenoxy) is 2. The lowest BCUT2D eigenvalue weighted by molar-refractivity contribution is -0.123. The Kier molecular flexibility index (Phi) is 8.04. The number of nitrogens with one attached hydrogen (secondary N) is 3. The van der Waals surface area contributed by atoms with Crippen LogP contribution in [0.2, 0.25) is 0 Å². The van der Waals surface area contributed by atoms with Gasteiger partial charge >= 0.3 is 6.03 Å². The fourth-order valence-corrected chi connectivity index (χ4v) is 2.67. The van der Waals surface area contributed by atoms with Gasteiger partial charge in [-0.15, -0.1) is 0 Å². The number of urea groups is 1. The Morgan fingerprint density at radius 1 is 1.00 bits per heavy atom. The molecule has 0 saturated heterocycles. The van der Waals surface area contributed by atoms with E-state index in [2.05, 4.69) is 16.2 Å². The van der Waals surface area contributed by atoms with Gasteiger partial charge in [0.15, 0.2) is 11.5 Å². The van der Waals surface area contributed by atoms with Gasteiger partial charge in [0.25, 0.3) is 11.8 Å². The molecule has 2 aromatic carbocycles. The van der Waals surface area contributed by atoms with Crippen LogP contribution >= 0.6 is 0 Å². The van der Waals surface area contributed by atoms with Crippen LogP contribution in [-0.4, -0.2) is 37.1 Å². The summed E-state index contributed by atoms with van der Waals surface area (Å²) < 4.78 is 10.9. The zero-order valence-corrected chi connectivity index (χ0v) is 17.1. The van der Waals surface area contributed by atoms with Gasteiger partial charge in [0.05, 0.1) is 13.2 Å². The topological polar surface area (TPSA) is 132 Å². The molecule has 9 nitrogen and oxygen atoms in total. The maximum absolute atomic E-state index is 12.5. The second kappa shape index (κ2) is 10.7. The third-order valence-corrected chi connectivity index (χ3v) is 4.00. The average molecular weight is 414 g/mol. The van der Waals surface area contributed by atoms with Crippen molar-refractivity contribution in [3.8, 4) is 11.5 Å². The number of benzene rings is 2. The van der Waals surface area contributed by atoms with E-state index in [0.717, 1.165) is 5.56 Å². The number of carbonyl (C=O) groups excluding carboxylic acids is 3. The van der Waals surface area contributed by atoms with Crippen molar-refractivity contribution < 1.29 is 23.9 Å². The fraction of sp³-hybridized carbons (Fsp3) is 0.286. The Balaban J connectivity index is 2.03. The third-order valence-electron chi connectivity index (χ3n) is 4.00. The third kappa shape index (κ3) is 6.69. The van der Waals surface area contributed by atoms with E-state index >= 15 is 0 Å². The van der Waals surface area contributed by atoms with Gasteiger partial charge in [-0.25, -0.2) is 4.79 Å². The summed E-state index contributed by atoms with van der Waals surface area (Å²) in [5, 5.41) is 2.37. The van der Waals surface area contributed by atoms with Crippen LogP contribution in [0.3, 0.4) is 0 Å². The van der Waals surface area contributed by atoms with Crippen LogP contribution in [0, 0.1) is 0 Å². The first-order valence-electron chi connectivity index (χ1n) is 9.35. The second-order valence-electron chi connectivity index (χ2n) is 6.73. The Bertz CT molecular complexity index is 886. The summed E-state index contributed by atoms with van der Waals surface area (Å²) >= 11 is 0. The molecule has 2 aromatic rings. The molecule has 0 spiro atoms. The average Bonchev–Trinajstić information content (AvgIpc) is 2.71. The highest BCUT2D eigenvalue weighted by Gasteiger charge is 2.21. The predicted octanol–water partition coefficient (Wildman–Crippen LogP) is 1.52. The highest BCUT2D eigenvalue weighted by atomic mass is 16.5. The highest BCUT2D eigenvalue weighted by Crippen LogP contribution is 2.28. The van der Waals surface area contributed by atoms with Crippen molar-refractivity contribution in [3.05, 3.63) is 59.7 Å². The lowest BCUT2D eigenvalue weighted by Gasteiger charge is -2.18. The van der Waals surface area contributed by atoms with Gasteiger partial charge in [-0.05, 0) is 37.6 Å². The van der Waals surface area contributed by atoms with Crippen LogP contribution in [0.4, 0.5) is 4.79 Å². The molecule has 0 aromatic heterocycles. The first-order chi connectivity index (χ1) is 14.3. The van der Waals surface area contributed by atoms with Gasteiger partial charge < -0.3 is 20.5 Å². The van der Waals surface area contributed by atoms with E-state index < -0.39 is 23.9 Å². The van der Waals surface area contributed by atoms with Crippen molar-refractivity contribution in [2.75, 3.05) is 7.11 Å². The molecule has 0 fully saturated rings. The Morgan fingerprint density at radius 2 is 1.70 bits per heavy atom. The molecule has 0 saturated carbocycles. The van der Waals surface area contributed by atoms with Crippen molar-refractivity contribution in [3.63, 3.8) is 0 Å². The minimum absolute atomic E-state index is 0.0582. The van der Waals surface area contributed by atoms with Crippen LogP contribution < -0.4 is 31.4 Å². The van der Waals surface area contributed by atoms with Crippen LogP contribution in [-0.2, 0) is 11.2 Å². The number of hydrogen-bond acceptors (Lipinski definition) is 5. The molecule has 0 aliphatic rings. The van der Waals surface area contributed by atoms with Crippen molar-refractivity contribution >= 4 is 17.8 Å². The van der Waals surface area contributed by atoms with Gasteiger partial charge in [-0.2, -0.15) is 0 Å². The molecule has 0 radical (unpaired) electrons. The summed E-state index contributed by atoms with van der Waals surface area (Å²) in [6.45, 7) is 3.75. The molecule has 0 aliphatic heterocycles. The normalized spacial score (nSPS) is 11.3. The van der Waals surface area contributed by atoms with Gasteiger partial charge in [-0.1, -0.05) is 30.3 Å².